The van der Waals surface area contributed by atoms with Gasteiger partial charge >= 0.3 is 6.03 Å². The molecule has 32 heavy (non-hydrogen) atoms. The number of hydrogen-bond donors (Lipinski definition) is 3. The molecule has 4 N–H and O–H groups in total. The van der Waals surface area contributed by atoms with Crippen molar-refractivity contribution in [3.63, 3.8) is 0 Å². The molecule has 0 saturated carbocycles. The number of alkyl halides is 2. The minimum atomic E-state index is -3.11. The van der Waals surface area contributed by atoms with E-state index >= 15 is 0 Å². The number of anilines is 1. The van der Waals surface area contributed by atoms with E-state index in [4.69, 9.17) is 22.1 Å². The Bertz CT molecular complexity index is 1010. The number of nitrogens with two attached hydrogens (primary N) is 1. The summed E-state index contributed by atoms with van der Waals surface area (Å²) in [5.74, 6) is -4.43. The summed E-state index contributed by atoms with van der Waals surface area (Å²) in [6, 6.07) is 3.98. The van der Waals surface area contributed by atoms with E-state index in [1.165, 1.54) is 37.6 Å². The Balaban J connectivity index is 1.80. The van der Waals surface area contributed by atoms with Crippen molar-refractivity contribution in [3.05, 3.63) is 58.5 Å². The number of urea groups is 1. The average Bonchev–Trinajstić information content (AvgIpc) is 2.75. The van der Waals surface area contributed by atoms with Gasteiger partial charge in [0.25, 0.3) is 5.92 Å². The molecule has 0 aliphatic carbocycles. The van der Waals surface area contributed by atoms with Crippen molar-refractivity contribution in [3.8, 4) is 0 Å². The number of aromatic nitrogens is 1. The van der Waals surface area contributed by atoms with Crippen LogP contribution in [0.3, 0.4) is 0 Å². The predicted octanol–water partition coefficient (Wildman–Crippen LogP) is 2.86. The summed E-state index contributed by atoms with van der Waals surface area (Å²) < 4.78 is 46.6. The molecule has 1 aliphatic heterocycles. The van der Waals surface area contributed by atoms with Crippen molar-refractivity contribution in [1.82, 2.24) is 15.2 Å². The normalized spacial score (nSPS) is 17.4. The second-order valence-corrected chi connectivity index (χ2v) is 7.64. The molecule has 0 bridgehead atoms. The highest BCUT2D eigenvalue weighted by molar-refractivity contribution is 6.30. The minimum absolute atomic E-state index is 0.0650. The van der Waals surface area contributed by atoms with Crippen molar-refractivity contribution in [1.29, 1.82) is 0 Å². The fourth-order valence-electron chi connectivity index (χ4n) is 3.24. The zero-order chi connectivity index (χ0) is 23.5. The topological polar surface area (TPSA) is 110 Å². The molecule has 172 valence electrons. The second-order valence-electron chi connectivity index (χ2n) is 7.23. The molecule has 12 heteroatoms. The van der Waals surface area contributed by atoms with E-state index in [-0.39, 0.29) is 23.0 Å². The number of methoxy groups -OCH3 is 1. The maximum absolute atomic E-state index is 13.9. The Hall–Kier alpha value is -2.89. The lowest BCUT2D eigenvalue weighted by Gasteiger charge is -2.38. The van der Waals surface area contributed by atoms with Crippen molar-refractivity contribution in [2.45, 2.75) is 18.0 Å². The van der Waals surface area contributed by atoms with Crippen LogP contribution < -0.4 is 16.4 Å². The molecule has 0 spiro atoms. The molecule has 1 aliphatic rings. The Morgan fingerprint density at radius 2 is 2.12 bits per heavy atom. The van der Waals surface area contributed by atoms with E-state index < -0.39 is 48.9 Å². The van der Waals surface area contributed by atoms with E-state index in [1.807, 2.05) is 0 Å². The van der Waals surface area contributed by atoms with E-state index in [9.17, 15) is 22.8 Å². The molecule has 1 fully saturated rings. The fraction of sp³-hybridized carbons (Fsp3) is 0.350. The predicted molar refractivity (Wildman–Crippen MR) is 111 cm³/mol. The molecular formula is C20H21ClF3N5O3. The highest BCUT2D eigenvalue weighted by Crippen LogP contribution is 2.29. The first-order chi connectivity index (χ1) is 15.1. The molecule has 3 rings (SSSR count). The molecule has 0 unspecified atom stereocenters. The number of pyridine rings is 1. The van der Waals surface area contributed by atoms with Crippen LogP contribution in [0.15, 0.2) is 36.5 Å². The number of nitrogens with one attached hydrogen (secondary N) is 2. The second kappa shape index (κ2) is 9.72. The van der Waals surface area contributed by atoms with Crippen LogP contribution in [0.5, 0.6) is 0 Å². The number of carbonyl (C=O) groups excluding carboxylic acids is 2. The number of carbonyl (C=O) groups is 2. The summed E-state index contributed by atoms with van der Waals surface area (Å²) >= 11 is 5.64. The summed E-state index contributed by atoms with van der Waals surface area (Å²) in [6.45, 7) is -1.60. The van der Waals surface area contributed by atoms with Gasteiger partial charge in [-0.2, -0.15) is 0 Å². The van der Waals surface area contributed by atoms with Crippen LogP contribution in [-0.2, 0) is 9.53 Å². The van der Waals surface area contributed by atoms with E-state index in [0.717, 1.165) is 11.0 Å². The fourth-order valence-corrected chi connectivity index (χ4v) is 3.36. The molecule has 1 aromatic heterocycles. The number of halogens is 4. The van der Waals surface area contributed by atoms with E-state index in [1.54, 1.807) is 0 Å². The largest absolute Gasteiger partial charge is 0.382 e. The molecule has 2 atom stereocenters. The number of rotatable bonds is 7. The van der Waals surface area contributed by atoms with Gasteiger partial charge in [-0.1, -0.05) is 17.7 Å². The monoisotopic (exact) mass is 471 g/mol. The third-order valence-electron chi connectivity index (χ3n) is 4.87. The molecule has 2 heterocycles. The van der Waals surface area contributed by atoms with Crippen molar-refractivity contribution >= 4 is 29.4 Å². The van der Waals surface area contributed by atoms with Crippen molar-refractivity contribution in [2.75, 3.05) is 32.1 Å². The van der Waals surface area contributed by atoms with Gasteiger partial charge in [-0.05, 0) is 35.4 Å². The third kappa shape index (κ3) is 5.47. The molecule has 8 nitrogen and oxygen atoms in total. The maximum Gasteiger partial charge on any atom is 0.318 e. The van der Waals surface area contributed by atoms with Crippen LogP contribution in [0.2, 0.25) is 5.02 Å². The van der Waals surface area contributed by atoms with Gasteiger partial charge in [0, 0.05) is 13.3 Å². The highest BCUT2D eigenvalue weighted by atomic mass is 35.5. The number of hydrogen-bond acceptors (Lipinski definition) is 5. The van der Waals surface area contributed by atoms with Gasteiger partial charge in [0.1, 0.15) is 17.7 Å². The van der Waals surface area contributed by atoms with Gasteiger partial charge < -0.3 is 26.0 Å². The summed E-state index contributed by atoms with van der Waals surface area (Å²) in [4.78, 5) is 29.7. The van der Waals surface area contributed by atoms with Gasteiger partial charge in [0.15, 0.2) is 0 Å². The number of benzene rings is 1. The summed E-state index contributed by atoms with van der Waals surface area (Å²) in [7, 11) is 1.38. The van der Waals surface area contributed by atoms with Crippen LogP contribution in [0, 0.1) is 5.82 Å². The maximum atomic E-state index is 13.9. The molecule has 2 aromatic rings. The lowest BCUT2D eigenvalue weighted by Crippen LogP contribution is -2.58. The first kappa shape index (κ1) is 23.8. The van der Waals surface area contributed by atoms with Crippen molar-refractivity contribution in [2.24, 2.45) is 5.73 Å². The Morgan fingerprint density at radius 1 is 1.38 bits per heavy atom. The molecule has 1 aromatic carbocycles. The van der Waals surface area contributed by atoms with Gasteiger partial charge in [0.05, 0.1) is 30.8 Å². The van der Waals surface area contributed by atoms with Crippen molar-refractivity contribution < 1.29 is 27.5 Å². The lowest BCUT2D eigenvalue weighted by molar-refractivity contribution is -0.117. The van der Waals surface area contributed by atoms with E-state index in [2.05, 4.69) is 15.6 Å². The zero-order valence-electron chi connectivity index (χ0n) is 16.9. The van der Waals surface area contributed by atoms with Gasteiger partial charge in [-0.25, -0.2) is 22.9 Å². The van der Waals surface area contributed by atoms with Gasteiger partial charge in [0.2, 0.25) is 5.91 Å². The van der Waals surface area contributed by atoms with Crippen LogP contribution in [0.1, 0.15) is 23.2 Å². The zero-order valence-corrected chi connectivity index (χ0v) is 17.7. The molecule has 1 saturated heterocycles. The molecule has 0 radical (unpaired) electrons. The Morgan fingerprint density at radius 3 is 2.81 bits per heavy atom. The van der Waals surface area contributed by atoms with Gasteiger partial charge in [-0.3, -0.25) is 4.79 Å². The molecule has 3 amide bonds. The number of ether oxygens (including phenoxy) is 1. The van der Waals surface area contributed by atoms with E-state index in [0.29, 0.717) is 5.56 Å². The Labute approximate surface area is 186 Å². The average molecular weight is 472 g/mol. The Kier molecular flexibility index (Phi) is 7.22. The third-order valence-corrected chi connectivity index (χ3v) is 5.17. The smallest absolute Gasteiger partial charge is 0.318 e. The first-order valence-corrected chi connectivity index (χ1v) is 9.87. The summed E-state index contributed by atoms with van der Waals surface area (Å²) in [5, 5.41) is 4.56. The summed E-state index contributed by atoms with van der Waals surface area (Å²) in [5.41, 5.74) is 6.51. The van der Waals surface area contributed by atoms with Crippen LogP contribution in [0.4, 0.5) is 23.8 Å². The molecular weight excluding hydrogens is 451 g/mol. The quantitative estimate of drug-likeness (QED) is 0.575. The SMILES string of the molecule is COC[C@H](c1ccnc(NC(=O)[C@@H](N)c2ccc(Cl)c(F)c2)c1)N1CC(F)(F)CNC1=O. The van der Waals surface area contributed by atoms with Crippen LogP contribution in [0.25, 0.3) is 0 Å². The lowest BCUT2D eigenvalue weighted by atomic mass is 10.1. The number of amides is 3. The highest BCUT2D eigenvalue weighted by Gasteiger charge is 2.42. The van der Waals surface area contributed by atoms with Crippen LogP contribution in [-0.4, -0.2) is 54.6 Å². The minimum Gasteiger partial charge on any atom is -0.382 e. The number of nitrogens with zero attached hydrogens (tertiary/aromatic N) is 2. The summed E-state index contributed by atoms with van der Waals surface area (Å²) in [6.07, 6.45) is 1.35. The van der Waals surface area contributed by atoms with Crippen LogP contribution >= 0.6 is 11.6 Å². The van der Waals surface area contributed by atoms with Gasteiger partial charge in [-0.15, -0.1) is 0 Å². The standard InChI is InChI=1S/C20H21ClF3N5O3/c1-32-8-15(29-10-20(23,24)9-27-19(29)31)11-4-5-26-16(7-11)28-18(30)17(25)12-2-3-13(21)14(22)6-12/h2-7,15,17H,8-10,25H2,1H3,(H,27,31)(H,26,28,30)/t15-,17+/m1/s1. The first-order valence-electron chi connectivity index (χ1n) is 9.50.